The zero-order chi connectivity index (χ0) is 12.8. The summed E-state index contributed by atoms with van der Waals surface area (Å²) in [5.74, 6) is -0.952. The Labute approximate surface area is 97.3 Å². The zero-order valence-corrected chi connectivity index (χ0v) is 9.12. The van der Waals surface area contributed by atoms with E-state index in [0.29, 0.717) is 12.2 Å². The number of ether oxygens (including phenoxy) is 1. The van der Waals surface area contributed by atoms with Crippen molar-refractivity contribution in [1.29, 1.82) is 0 Å². The fourth-order valence-electron chi connectivity index (χ4n) is 1.22. The van der Waals surface area contributed by atoms with Crippen LogP contribution >= 0.6 is 0 Å². The van der Waals surface area contributed by atoms with Gasteiger partial charge >= 0.3 is 11.7 Å². The van der Waals surface area contributed by atoms with Gasteiger partial charge in [0.1, 0.15) is 0 Å². The topological polar surface area (TPSA) is 89.7 Å². The van der Waals surface area contributed by atoms with Crippen LogP contribution in [0.2, 0.25) is 0 Å². The Kier molecular flexibility index (Phi) is 4.21. The summed E-state index contributed by atoms with van der Waals surface area (Å²) < 4.78 is 5.12. The third-order valence-electron chi connectivity index (χ3n) is 1.90. The molecular formula is C11H11NO5. The van der Waals surface area contributed by atoms with Crippen molar-refractivity contribution in [2.45, 2.75) is 6.92 Å². The third-order valence-corrected chi connectivity index (χ3v) is 1.90. The van der Waals surface area contributed by atoms with E-state index in [1.54, 1.807) is 6.92 Å². The van der Waals surface area contributed by atoms with Gasteiger partial charge in [-0.3, -0.25) is 10.1 Å². The summed E-state index contributed by atoms with van der Waals surface area (Å²) in [5.41, 5.74) is 0.390. The number of hydrogen-bond donors (Lipinski definition) is 1. The zero-order valence-electron chi connectivity index (χ0n) is 9.12. The Hall–Kier alpha value is -2.37. The van der Waals surface area contributed by atoms with Gasteiger partial charge in [-0.1, -0.05) is 0 Å². The average molecular weight is 237 g/mol. The molecule has 0 amide bonds. The van der Waals surface area contributed by atoms with Crippen molar-refractivity contribution in [2.75, 3.05) is 6.61 Å². The lowest BCUT2D eigenvalue weighted by Crippen LogP contribution is -1.97. The number of carboxylic acids is 1. The molecule has 0 fully saturated rings. The first-order valence-corrected chi connectivity index (χ1v) is 4.87. The van der Waals surface area contributed by atoms with Gasteiger partial charge in [0.25, 0.3) is 0 Å². The number of benzene rings is 1. The van der Waals surface area contributed by atoms with Gasteiger partial charge in [0.05, 0.1) is 11.5 Å². The molecule has 0 aliphatic heterocycles. The predicted octanol–water partition coefficient (Wildman–Crippen LogP) is 2.09. The fraction of sp³-hybridized carbons (Fsp3) is 0.182. The Morgan fingerprint density at radius 3 is 2.82 bits per heavy atom. The largest absolute Gasteiger partial charge is 0.487 e. The van der Waals surface area contributed by atoms with Gasteiger partial charge in [-0.05, 0) is 30.7 Å². The summed E-state index contributed by atoms with van der Waals surface area (Å²) in [6.07, 6.45) is 2.30. The number of rotatable bonds is 5. The molecule has 0 aliphatic carbocycles. The van der Waals surface area contributed by atoms with Crippen molar-refractivity contribution >= 4 is 17.7 Å². The first kappa shape index (κ1) is 12.7. The molecule has 1 aromatic carbocycles. The molecule has 17 heavy (non-hydrogen) atoms. The summed E-state index contributed by atoms with van der Waals surface area (Å²) in [5, 5.41) is 19.2. The molecule has 90 valence electrons. The standard InChI is InChI=1S/C11H11NO5/c1-2-17-10-7-8(4-6-11(13)14)3-5-9(10)12(15)16/h3-7H,2H2,1H3,(H,13,14)/b6-4+. The Morgan fingerprint density at radius 1 is 1.59 bits per heavy atom. The summed E-state index contributed by atoms with van der Waals surface area (Å²) in [6.45, 7) is 2.01. The number of aliphatic carboxylic acids is 1. The first-order valence-electron chi connectivity index (χ1n) is 4.87. The lowest BCUT2D eigenvalue weighted by molar-refractivity contribution is -0.385. The summed E-state index contributed by atoms with van der Waals surface area (Å²) >= 11 is 0. The maximum atomic E-state index is 10.7. The molecule has 0 bridgehead atoms. The smallest absolute Gasteiger partial charge is 0.328 e. The SMILES string of the molecule is CCOc1cc(/C=C/C(=O)O)ccc1[N+](=O)[O-]. The van der Waals surface area contributed by atoms with Crippen LogP contribution in [0.4, 0.5) is 5.69 Å². The van der Waals surface area contributed by atoms with Crippen LogP contribution < -0.4 is 4.74 Å². The molecule has 1 rings (SSSR count). The highest BCUT2D eigenvalue weighted by atomic mass is 16.6. The van der Waals surface area contributed by atoms with E-state index in [0.717, 1.165) is 6.08 Å². The van der Waals surface area contributed by atoms with E-state index in [4.69, 9.17) is 9.84 Å². The average Bonchev–Trinajstić information content (AvgIpc) is 2.26. The number of carboxylic acid groups (broad SMARTS) is 1. The van der Waals surface area contributed by atoms with Crippen LogP contribution in [0, 0.1) is 10.1 Å². The predicted molar refractivity (Wildman–Crippen MR) is 60.9 cm³/mol. The normalized spacial score (nSPS) is 10.4. The summed E-state index contributed by atoms with van der Waals surface area (Å²) in [4.78, 5) is 20.5. The second-order valence-corrected chi connectivity index (χ2v) is 3.09. The van der Waals surface area contributed by atoms with Crippen molar-refractivity contribution in [3.63, 3.8) is 0 Å². The second-order valence-electron chi connectivity index (χ2n) is 3.09. The lowest BCUT2D eigenvalue weighted by Gasteiger charge is -2.04. The van der Waals surface area contributed by atoms with Gasteiger partial charge < -0.3 is 9.84 Å². The van der Waals surface area contributed by atoms with Crippen LogP contribution in [-0.2, 0) is 4.79 Å². The van der Waals surface area contributed by atoms with Gasteiger partial charge in [-0.25, -0.2) is 4.79 Å². The van der Waals surface area contributed by atoms with Gasteiger partial charge in [-0.15, -0.1) is 0 Å². The van der Waals surface area contributed by atoms with E-state index in [9.17, 15) is 14.9 Å². The van der Waals surface area contributed by atoms with Crippen LogP contribution in [0.15, 0.2) is 24.3 Å². The molecule has 0 aliphatic rings. The van der Waals surface area contributed by atoms with Crippen molar-refractivity contribution < 1.29 is 19.6 Å². The monoisotopic (exact) mass is 237 g/mol. The molecule has 0 spiro atoms. The molecule has 1 aromatic rings. The molecule has 0 aromatic heterocycles. The molecule has 0 unspecified atom stereocenters. The number of nitrogens with zero attached hydrogens (tertiary/aromatic N) is 1. The quantitative estimate of drug-likeness (QED) is 0.481. The molecule has 0 saturated heterocycles. The van der Waals surface area contributed by atoms with Gasteiger partial charge in [-0.2, -0.15) is 0 Å². The number of nitro groups is 1. The summed E-state index contributed by atoms with van der Waals surface area (Å²) in [7, 11) is 0. The molecule has 0 atom stereocenters. The van der Waals surface area contributed by atoms with E-state index in [-0.39, 0.29) is 11.4 Å². The molecule has 0 radical (unpaired) electrons. The van der Waals surface area contributed by atoms with Gasteiger partial charge in [0.2, 0.25) is 0 Å². The summed E-state index contributed by atoms with van der Waals surface area (Å²) in [6, 6.07) is 4.17. The minimum Gasteiger partial charge on any atom is -0.487 e. The number of nitro benzene ring substituents is 1. The van der Waals surface area contributed by atoms with E-state index in [1.807, 2.05) is 0 Å². The van der Waals surface area contributed by atoms with E-state index in [2.05, 4.69) is 0 Å². The van der Waals surface area contributed by atoms with Crippen LogP contribution in [0.3, 0.4) is 0 Å². The Bertz CT molecular complexity index is 467. The number of hydrogen-bond acceptors (Lipinski definition) is 4. The van der Waals surface area contributed by atoms with Crippen LogP contribution in [0.1, 0.15) is 12.5 Å². The van der Waals surface area contributed by atoms with Gasteiger partial charge in [0.15, 0.2) is 5.75 Å². The van der Waals surface area contributed by atoms with E-state index < -0.39 is 10.9 Å². The highest BCUT2D eigenvalue weighted by Crippen LogP contribution is 2.28. The van der Waals surface area contributed by atoms with Crippen molar-refractivity contribution in [2.24, 2.45) is 0 Å². The Balaban J connectivity index is 3.09. The maximum absolute atomic E-state index is 10.7. The third kappa shape index (κ3) is 3.60. The highest BCUT2D eigenvalue weighted by molar-refractivity contribution is 5.85. The van der Waals surface area contributed by atoms with Gasteiger partial charge in [0, 0.05) is 12.1 Å². The van der Waals surface area contributed by atoms with Crippen molar-refractivity contribution in [1.82, 2.24) is 0 Å². The van der Waals surface area contributed by atoms with Crippen LogP contribution in [0.25, 0.3) is 6.08 Å². The minimum atomic E-state index is -1.08. The maximum Gasteiger partial charge on any atom is 0.328 e. The second kappa shape index (κ2) is 5.64. The van der Waals surface area contributed by atoms with Crippen molar-refractivity contribution in [3.8, 4) is 5.75 Å². The molecule has 1 N–H and O–H groups in total. The van der Waals surface area contributed by atoms with E-state index in [1.165, 1.54) is 24.3 Å². The number of carbonyl (C=O) groups is 1. The highest BCUT2D eigenvalue weighted by Gasteiger charge is 2.14. The molecule has 0 heterocycles. The molecule has 6 nitrogen and oxygen atoms in total. The Morgan fingerprint density at radius 2 is 2.29 bits per heavy atom. The molecular weight excluding hydrogens is 226 g/mol. The fourth-order valence-corrected chi connectivity index (χ4v) is 1.22. The minimum absolute atomic E-state index is 0.130. The molecule has 6 heteroatoms. The lowest BCUT2D eigenvalue weighted by atomic mass is 10.2. The van der Waals surface area contributed by atoms with E-state index >= 15 is 0 Å². The first-order chi connectivity index (χ1) is 8.04. The van der Waals surface area contributed by atoms with Crippen molar-refractivity contribution in [3.05, 3.63) is 40.0 Å². The van der Waals surface area contributed by atoms with Crippen LogP contribution in [-0.4, -0.2) is 22.6 Å². The molecule has 0 saturated carbocycles. The van der Waals surface area contributed by atoms with Crippen LogP contribution in [0.5, 0.6) is 5.75 Å².